The highest BCUT2D eigenvalue weighted by Crippen LogP contribution is 2.23. The van der Waals surface area contributed by atoms with Crippen LogP contribution >= 0.6 is 0 Å². The van der Waals surface area contributed by atoms with E-state index in [-0.39, 0.29) is 0 Å². The smallest absolute Gasteiger partial charge is 0.145 e. The van der Waals surface area contributed by atoms with Gasteiger partial charge in [-0.25, -0.2) is 4.99 Å². The van der Waals surface area contributed by atoms with Crippen molar-refractivity contribution in [1.29, 1.82) is 0 Å². The SMILES string of the molecule is C=C/C=C1/OCC(c2ccc(-c3ccccc3)cc2)=N/C1=C/C. The van der Waals surface area contributed by atoms with Gasteiger partial charge < -0.3 is 4.74 Å². The summed E-state index contributed by atoms with van der Waals surface area (Å²) in [6.07, 6.45) is 5.51. The van der Waals surface area contributed by atoms with Crippen LogP contribution in [0.5, 0.6) is 0 Å². The quantitative estimate of drug-likeness (QED) is 0.768. The standard InChI is InChI=1S/C21H19NO/c1-3-8-21-19(4-2)22-20(15-23-21)18-13-11-17(12-14-18)16-9-6-5-7-10-16/h3-14H,1,15H2,2H3/b19-4+,21-8+. The molecule has 0 bridgehead atoms. The van der Waals surface area contributed by atoms with Crippen LogP contribution in [-0.4, -0.2) is 12.3 Å². The van der Waals surface area contributed by atoms with Crippen molar-refractivity contribution in [2.24, 2.45) is 4.99 Å². The number of hydrogen-bond acceptors (Lipinski definition) is 2. The Hall–Kier alpha value is -2.87. The molecule has 0 unspecified atom stereocenters. The van der Waals surface area contributed by atoms with Crippen molar-refractivity contribution >= 4 is 5.71 Å². The maximum Gasteiger partial charge on any atom is 0.145 e. The normalized spacial score (nSPS) is 17.7. The van der Waals surface area contributed by atoms with Crippen molar-refractivity contribution in [3.63, 3.8) is 0 Å². The van der Waals surface area contributed by atoms with Gasteiger partial charge in [0.05, 0.1) is 5.71 Å². The van der Waals surface area contributed by atoms with E-state index in [1.807, 2.05) is 37.3 Å². The van der Waals surface area contributed by atoms with Crippen LogP contribution in [0.1, 0.15) is 12.5 Å². The number of aliphatic imine (C=N–C) groups is 1. The topological polar surface area (TPSA) is 21.6 Å². The van der Waals surface area contributed by atoms with Gasteiger partial charge >= 0.3 is 0 Å². The fourth-order valence-electron chi connectivity index (χ4n) is 2.53. The molecule has 0 aromatic heterocycles. The van der Waals surface area contributed by atoms with Crippen LogP contribution in [0, 0.1) is 0 Å². The first kappa shape index (κ1) is 15.0. The molecule has 1 aliphatic heterocycles. The van der Waals surface area contributed by atoms with Gasteiger partial charge in [-0.2, -0.15) is 0 Å². The molecule has 2 heteroatoms. The van der Waals surface area contributed by atoms with E-state index >= 15 is 0 Å². The summed E-state index contributed by atoms with van der Waals surface area (Å²) in [5.74, 6) is 0.771. The Bertz CT molecular complexity index is 780. The van der Waals surface area contributed by atoms with Gasteiger partial charge in [0.15, 0.2) is 0 Å². The molecule has 2 nitrogen and oxygen atoms in total. The number of rotatable bonds is 3. The lowest BCUT2D eigenvalue weighted by Crippen LogP contribution is -2.16. The maximum absolute atomic E-state index is 5.79. The van der Waals surface area contributed by atoms with Crippen LogP contribution in [0.25, 0.3) is 11.1 Å². The van der Waals surface area contributed by atoms with Crippen LogP contribution in [0.3, 0.4) is 0 Å². The summed E-state index contributed by atoms with van der Waals surface area (Å²) in [6, 6.07) is 18.8. The van der Waals surface area contributed by atoms with Crippen molar-refractivity contribution < 1.29 is 4.74 Å². The fraction of sp³-hybridized carbons (Fsp3) is 0.0952. The van der Waals surface area contributed by atoms with Gasteiger partial charge in [-0.1, -0.05) is 73.3 Å². The molecule has 0 fully saturated rings. The van der Waals surface area contributed by atoms with Crippen molar-refractivity contribution in [2.45, 2.75) is 6.92 Å². The summed E-state index contributed by atoms with van der Waals surface area (Å²) in [4.78, 5) is 4.71. The Labute approximate surface area is 137 Å². The van der Waals surface area contributed by atoms with E-state index in [2.05, 4.69) is 43.0 Å². The number of nitrogens with zero attached hydrogens (tertiary/aromatic N) is 1. The zero-order valence-corrected chi connectivity index (χ0v) is 13.2. The molecule has 3 rings (SSSR count). The molecule has 2 aromatic rings. The van der Waals surface area contributed by atoms with Gasteiger partial charge in [0.25, 0.3) is 0 Å². The van der Waals surface area contributed by atoms with E-state index in [1.54, 1.807) is 6.08 Å². The van der Waals surface area contributed by atoms with Crippen LogP contribution in [0.2, 0.25) is 0 Å². The molecule has 0 aliphatic carbocycles. The van der Waals surface area contributed by atoms with Crippen LogP contribution in [0.15, 0.2) is 95.9 Å². The van der Waals surface area contributed by atoms with Crippen molar-refractivity contribution in [3.8, 4) is 11.1 Å². The number of benzene rings is 2. The van der Waals surface area contributed by atoms with E-state index in [1.165, 1.54) is 11.1 Å². The molecule has 0 saturated heterocycles. The monoisotopic (exact) mass is 301 g/mol. The summed E-state index contributed by atoms with van der Waals surface area (Å²) in [7, 11) is 0. The molecule has 0 spiro atoms. The molecule has 114 valence electrons. The summed E-state index contributed by atoms with van der Waals surface area (Å²) < 4.78 is 5.79. The Morgan fingerprint density at radius 3 is 2.26 bits per heavy atom. The number of allylic oxidation sites excluding steroid dienone is 3. The average Bonchev–Trinajstić information content (AvgIpc) is 2.63. The van der Waals surface area contributed by atoms with Gasteiger partial charge in [0, 0.05) is 0 Å². The zero-order chi connectivity index (χ0) is 16.1. The van der Waals surface area contributed by atoms with Gasteiger partial charge in [0.2, 0.25) is 0 Å². The largest absolute Gasteiger partial charge is 0.485 e. The zero-order valence-electron chi connectivity index (χ0n) is 13.2. The first-order valence-corrected chi connectivity index (χ1v) is 7.67. The second-order valence-corrected chi connectivity index (χ2v) is 5.23. The molecular weight excluding hydrogens is 282 g/mol. The maximum atomic E-state index is 5.79. The summed E-state index contributed by atoms with van der Waals surface area (Å²) in [6.45, 7) is 6.14. The molecular formula is C21H19NO. The minimum Gasteiger partial charge on any atom is -0.485 e. The van der Waals surface area contributed by atoms with E-state index < -0.39 is 0 Å². The highest BCUT2D eigenvalue weighted by Gasteiger charge is 2.15. The minimum absolute atomic E-state index is 0.474. The predicted molar refractivity (Wildman–Crippen MR) is 96.4 cm³/mol. The van der Waals surface area contributed by atoms with Crippen molar-refractivity contribution in [1.82, 2.24) is 0 Å². The Morgan fingerprint density at radius 1 is 0.957 bits per heavy atom. The van der Waals surface area contributed by atoms with Gasteiger partial charge in [-0.15, -0.1) is 0 Å². The van der Waals surface area contributed by atoms with Crippen LogP contribution in [0.4, 0.5) is 0 Å². The molecule has 23 heavy (non-hydrogen) atoms. The van der Waals surface area contributed by atoms with Crippen LogP contribution in [-0.2, 0) is 4.74 Å². The molecule has 0 radical (unpaired) electrons. The molecule has 1 aliphatic rings. The molecule has 0 atom stereocenters. The van der Waals surface area contributed by atoms with Gasteiger partial charge in [-0.05, 0) is 29.7 Å². The van der Waals surface area contributed by atoms with Gasteiger partial charge in [-0.3, -0.25) is 0 Å². The molecule has 2 aromatic carbocycles. The lowest BCUT2D eigenvalue weighted by atomic mass is 10.0. The third kappa shape index (κ3) is 3.32. The van der Waals surface area contributed by atoms with E-state index in [4.69, 9.17) is 9.73 Å². The number of ether oxygens (including phenoxy) is 1. The first-order chi connectivity index (χ1) is 11.3. The molecule has 1 heterocycles. The highest BCUT2D eigenvalue weighted by atomic mass is 16.5. The second kappa shape index (κ2) is 6.93. The van der Waals surface area contributed by atoms with Crippen molar-refractivity contribution in [2.75, 3.05) is 6.61 Å². The third-order valence-corrected chi connectivity index (χ3v) is 3.74. The van der Waals surface area contributed by atoms with Gasteiger partial charge in [0.1, 0.15) is 18.1 Å². The lowest BCUT2D eigenvalue weighted by Gasteiger charge is -2.19. The highest BCUT2D eigenvalue weighted by molar-refractivity contribution is 6.03. The Kier molecular flexibility index (Phi) is 4.53. The second-order valence-electron chi connectivity index (χ2n) is 5.23. The molecule has 0 N–H and O–H groups in total. The summed E-state index contributed by atoms with van der Waals surface area (Å²) in [5.41, 5.74) is 5.29. The molecule has 0 amide bonds. The lowest BCUT2D eigenvalue weighted by molar-refractivity contribution is 0.260. The fourth-order valence-corrected chi connectivity index (χ4v) is 2.53. The third-order valence-electron chi connectivity index (χ3n) is 3.74. The first-order valence-electron chi connectivity index (χ1n) is 7.67. The Morgan fingerprint density at radius 2 is 1.61 bits per heavy atom. The van der Waals surface area contributed by atoms with Crippen LogP contribution < -0.4 is 0 Å². The average molecular weight is 301 g/mol. The number of hydrogen-bond donors (Lipinski definition) is 0. The Balaban J connectivity index is 1.88. The molecule has 0 saturated carbocycles. The summed E-state index contributed by atoms with van der Waals surface area (Å²) in [5, 5.41) is 0. The van der Waals surface area contributed by atoms with E-state index in [0.717, 1.165) is 22.7 Å². The predicted octanol–water partition coefficient (Wildman–Crippen LogP) is 5.15. The van der Waals surface area contributed by atoms with Crippen molar-refractivity contribution in [3.05, 3.63) is 96.4 Å². The minimum atomic E-state index is 0.474. The van der Waals surface area contributed by atoms with E-state index in [0.29, 0.717) is 6.61 Å². The summed E-state index contributed by atoms with van der Waals surface area (Å²) >= 11 is 0. The van der Waals surface area contributed by atoms with E-state index in [9.17, 15) is 0 Å².